The Kier molecular flexibility index (Phi) is 3.94. The van der Waals surface area contributed by atoms with Gasteiger partial charge in [-0.2, -0.15) is 0 Å². The second kappa shape index (κ2) is 5.84. The van der Waals surface area contributed by atoms with Gasteiger partial charge in [0.1, 0.15) is 0 Å². The van der Waals surface area contributed by atoms with Crippen LogP contribution in [0.15, 0.2) is 55.1 Å². The van der Waals surface area contributed by atoms with Crippen molar-refractivity contribution in [2.45, 2.75) is 0 Å². The van der Waals surface area contributed by atoms with Crippen LogP contribution >= 0.6 is 0 Å². The topological polar surface area (TPSA) is 50.4 Å². The summed E-state index contributed by atoms with van der Waals surface area (Å²) in [5, 5.41) is 4.79. The van der Waals surface area contributed by atoms with Crippen molar-refractivity contribution in [2.24, 2.45) is 0 Å². The van der Waals surface area contributed by atoms with Gasteiger partial charge >= 0.3 is 6.03 Å². The number of benzene rings is 2. The lowest BCUT2D eigenvalue weighted by atomic mass is 10.1. The van der Waals surface area contributed by atoms with Crippen LogP contribution < -0.4 is 10.8 Å². The first-order chi connectivity index (χ1) is 8.81. The van der Waals surface area contributed by atoms with Crippen molar-refractivity contribution in [2.75, 3.05) is 11.9 Å². The monoisotopic (exact) mass is 242 g/mol. The van der Waals surface area contributed by atoms with E-state index in [0.29, 0.717) is 0 Å². The average molecular weight is 242 g/mol. The Morgan fingerprint density at radius 1 is 1.22 bits per heavy atom. The van der Waals surface area contributed by atoms with E-state index in [-0.39, 0.29) is 6.61 Å². The molecule has 0 unspecified atom stereocenters. The van der Waals surface area contributed by atoms with Gasteiger partial charge in [0.2, 0.25) is 0 Å². The average Bonchev–Trinajstić information content (AvgIpc) is 2.39. The molecule has 0 spiro atoms. The number of rotatable bonds is 4. The van der Waals surface area contributed by atoms with Gasteiger partial charge in [0.15, 0.2) is 0 Å². The van der Waals surface area contributed by atoms with Gasteiger partial charge in [-0.15, -0.1) is 6.58 Å². The molecule has 4 nitrogen and oxygen atoms in total. The van der Waals surface area contributed by atoms with Gasteiger partial charge in [0.25, 0.3) is 0 Å². The van der Waals surface area contributed by atoms with E-state index in [1.165, 1.54) is 0 Å². The van der Waals surface area contributed by atoms with Crippen LogP contribution in [0.2, 0.25) is 0 Å². The number of carbonyl (C=O) groups is 1. The molecule has 0 aliphatic heterocycles. The molecule has 0 aliphatic rings. The molecule has 0 bridgehead atoms. The molecule has 0 saturated carbocycles. The predicted octanol–water partition coefficient (Wildman–Crippen LogP) is 3.08. The second-order valence-corrected chi connectivity index (χ2v) is 3.68. The molecule has 2 aromatic carbocycles. The molecule has 4 heteroatoms. The lowest BCUT2D eigenvalue weighted by Gasteiger charge is -2.09. The number of urea groups is 1. The summed E-state index contributed by atoms with van der Waals surface area (Å²) in [4.78, 5) is 16.4. The van der Waals surface area contributed by atoms with Gasteiger partial charge in [-0.3, -0.25) is 4.84 Å². The minimum Gasteiger partial charge on any atom is -0.306 e. The van der Waals surface area contributed by atoms with Crippen molar-refractivity contribution in [3.63, 3.8) is 0 Å². The summed E-state index contributed by atoms with van der Waals surface area (Å²) in [6, 6.07) is 13.2. The van der Waals surface area contributed by atoms with Crippen LogP contribution in [0.4, 0.5) is 10.5 Å². The molecule has 0 fully saturated rings. The zero-order valence-electron chi connectivity index (χ0n) is 9.85. The fourth-order valence-electron chi connectivity index (χ4n) is 1.65. The van der Waals surface area contributed by atoms with Gasteiger partial charge in [0.05, 0.1) is 12.3 Å². The first-order valence-electron chi connectivity index (χ1n) is 5.58. The highest BCUT2D eigenvalue weighted by Gasteiger charge is 2.04. The van der Waals surface area contributed by atoms with E-state index in [2.05, 4.69) is 17.4 Å². The maximum atomic E-state index is 11.5. The molecule has 0 heterocycles. The largest absolute Gasteiger partial charge is 0.343 e. The van der Waals surface area contributed by atoms with E-state index >= 15 is 0 Å². The highest BCUT2D eigenvalue weighted by atomic mass is 16.7. The molecule has 2 amide bonds. The molecule has 2 rings (SSSR count). The third kappa shape index (κ3) is 2.87. The first kappa shape index (κ1) is 12.1. The molecule has 0 atom stereocenters. The Bertz CT molecular complexity index is 561. The lowest BCUT2D eigenvalue weighted by molar-refractivity contribution is 0.0872. The minimum atomic E-state index is -0.409. The molecule has 0 radical (unpaired) electrons. The molecule has 2 N–H and O–H groups in total. The van der Waals surface area contributed by atoms with E-state index in [1.54, 1.807) is 6.08 Å². The van der Waals surface area contributed by atoms with Crippen LogP contribution in [0.5, 0.6) is 0 Å². The van der Waals surface area contributed by atoms with Crippen LogP contribution in [0.3, 0.4) is 0 Å². The fraction of sp³-hybridized carbons (Fsp3) is 0.0714. The zero-order valence-corrected chi connectivity index (χ0v) is 9.85. The number of anilines is 1. The lowest BCUT2D eigenvalue weighted by Crippen LogP contribution is -2.28. The Morgan fingerprint density at radius 3 is 2.83 bits per heavy atom. The maximum Gasteiger partial charge on any atom is 0.343 e. The Balaban J connectivity index is 2.11. The molecule has 18 heavy (non-hydrogen) atoms. The van der Waals surface area contributed by atoms with Gasteiger partial charge < -0.3 is 5.32 Å². The molecule has 92 valence electrons. The first-order valence-corrected chi connectivity index (χ1v) is 5.58. The highest BCUT2D eigenvalue weighted by Crippen LogP contribution is 2.22. The molecular formula is C14H14N2O2. The van der Waals surface area contributed by atoms with Crippen LogP contribution in [-0.2, 0) is 4.84 Å². The number of fused-ring (bicyclic) bond motifs is 1. The van der Waals surface area contributed by atoms with Crippen molar-refractivity contribution in [3.05, 3.63) is 55.1 Å². The zero-order chi connectivity index (χ0) is 12.8. The summed E-state index contributed by atoms with van der Waals surface area (Å²) in [6.07, 6.45) is 1.55. The number of nitrogens with one attached hydrogen (secondary N) is 2. The van der Waals surface area contributed by atoms with Gasteiger partial charge in [-0.1, -0.05) is 42.5 Å². The number of hydrogen-bond donors (Lipinski definition) is 2. The van der Waals surface area contributed by atoms with Crippen molar-refractivity contribution in [1.29, 1.82) is 0 Å². The Morgan fingerprint density at radius 2 is 2.00 bits per heavy atom. The van der Waals surface area contributed by atoms with Crippen molar-refractivity contribution >= 4 is 22.5 Å². The standard InChI is InChI=1S/C14H14N2O2/c1-2-10-18-16-14(17)15-13-9-5-7-11-6-3-4-8-12(11)13/h2-9H,1,10H2,(H2,15,16,17). The Labute approximate surface area is 105 Å². The summed E-state index contributed by atoms with van der Waals surface area (Å²) < 4.78 is 0. The summed E-state index contributed by atoms with van der Waals surface area (Å²) in [5.41, 5.74) is 3.02. The number of carbonyl (C=O) groups excluding carboxylic acids is 1. The summed E-state index contributed by atoms with van der Waals surface area (Å²) in [7, 11) is 0. The highest BCUT2D eigenvalue weighted by molar-refractivity contribution is 6.01. The van der Waals surface area contributed by atoms with E-state index in [1.807, 2.05) is 42.5 Å². The predicted molar refractivity (Wildman–Crippen MR) is 72.3 cm³/mol. The van der Waals surface area contributed by atoms with E-state index in [0.717, 1.165) is 16.5 Å². The normalized spacial score (nSPS) is 10.0. The van der Waals surface area contributed by atoms with Crippen LogP contribution in [0, 0.1) is 0 Å². The second-order valence-electron chi connectivity index (χ2n) is 3.68. The molecule has 0 saturated heterocycles. The van der Waals surface area contributed by atoms with Crippen LogP contribution in [0.25, 0.3) is 10.8 Å². The Hall–Kier alpha value is -2.33. The summed E-state index contributed by atoms with van der Waals surface area (Å²) >= 11 is 0. The SMILES string of the molecule is C=CCONC(=O)Nc1cccc2ccccc12. The van der Waals surface area contributed by atoms with Crippen LogP contribution in [-0.4, -0.2) is 12.6 Å². The third-order valence-electron chi connectivity index (χ3n) is 2.40. The van der Waals surface area contributed by atoms with E-state index in [4.69, 9.17) is 4.84 Å². The molecule has 2 aromatic rings. The maximum absolute atomic E-state index is 11.5. The van der Waals surface area contributed by atoms with Crippen molar-refractivity contribution in [3.8, 4) is 0 Å². The van der Waals surface area contributed by atoms with Gasteiger partial charge in [0, 0.05) is 5.39 Å². The number of amides is 2. The number of hydrogen-bond acceptors (Lipinski definition) is 2. The van der Waals surface area contributed by atoms with Gasteiger partial charge in [-0.05, 0) is 11.5 Å². The number of hydroxylamine groups is 1. The fourth-order valence-corrected chi connectivity index (χ4v) is 1.65. The third-order valence-corrected chi connectivity index (χ3v) is 2.40. The van der Waals surface area contributed by atoms with E-state index < -0.39 is 6.03 Å². The molecule has 0 aromatic heterocycles. The summed E-state index contributed by atoms with van der Waals surface area (Å²) in [6.45, 7) is 3.75. The minimum absolute atomic E-state index is 0.267. The molecular weight excluding hydrogens is 228 g/mol. The quantitative estimate of drug-likeness (QED) is 0.492. The summed E-state index contributed by atoms with van der Waals surface area (Å²) in [5.74, 6) is 0. The van der Waals surface area contributed by atoms with Crippen molar-refractivity contribution in [1.82, 2.24) is 5.48 Å². The van der Waals surface area contributed by atoms with E-state index in [9.17, 15) is 4.79 Å². The smallest absolute Gasteiger partial charge is 0.306 e. The van der Waals surface area contributed by atoms with Crippen LogP contribution in [0.1, 0.15) is 0 Å². The van der Waals surface area contributed by atoms with Gasteiger partial charge in [-0.25, -0.2) is 10.3 Å². The van der Waals surface area contributed by atoms with Crippen molar-refractivity contribution < 1.29 is 9.63 Å². The molecule has 0 aliphatic carbocycles.